The minimum Gasteiger partial charge on any atom is -0.298 e. The molecule has 0 fully saturated rings. The van der Waals surface area contributed by atoms with Gasteiger partial charge in [0.1, 0.15) is 0 Å². The number of hydrogen-bond donors (Lipinski definition) is 1. The minimum atomic E-state index is -3.70. The Balaban J connectivity index is 1.80. The van der Waals surface area contributed by atoms with Crippen molar-refractivity contribution >= 4 is 32.4 Å². The highest BCUT2D eigenvalue weighted by atomic mass is 32.2. The maximum Gasteiger partial charge on any atom is 0.257 e. The highest BCUT2D eigenvalue weighted by molar-refractivity contribution is 7.89. The fourth-order valence-corrected chi connectivity index (χ4v) is 4.83. The van der Waals surface area contributed by atoms with Crippen LogP contribution in [-0.4, -0.2) is 29.7 Å². The summed E-state index contributed by atoms with van der Waals surface area (Å²) >= 11 is 1.32. The summed E-state index contributed by atoms with van der Waals surface area (Å²) in [5.74, 6) is -0.330. The molecule has 0 bridgehead atoms. The van der Waals surface area contributed by atoms with Crippen LogP contribution < -0.4 is 5.32 Å². The third-order valence-corrected chi connectivity index (χ3v) is 6.86. The zero-order valence-corrected chi connectivity index (χ0v) is 17.2. The summed E-state index contributed by atoms with van der Waals surface area (Å²) in [6.45, 7) is 3.97. The topological polar surface area (TPSA) is 79.4 Å². The van der Waals surface area contributed by atoms with E-state index in [-0.39, 0.29) is 23.4 Å². The summed E-state index contributed by atoms with van der Waals surface area (Å²) < 4.78 is 27.7. The number of amides is 1. The Bertz CT molecular complexity index is 1020. The number of nitrogens with one attached hydrogen (secondary N) is 1. The van der Waals surface area contributed by atoms with Crippen LogP contribution in [0.2, 0.25) is 0 Å². The third kappa shape index (κ3) is 4.64. The predicted molar refractivity (Wildman–Crippen MR) is 111 cm³/mol. The van der Waals surface area contributed by atoms with Gasteiger partial charge in [-0.1, -0.05) is 30.3 Å². The average Bonchev–Trinajstić information content (AvgIpc) is 3.19. The highest BCUT2D eigenvalue weighted by Gasteiger charge is 2.27. The molecule has 3 aromatic rings. The molecule has 1 amide bonds. The van der Waals surface area contributed by atoms with Crippen LogP contribution in [-0.2, 0) is 16.6 Å². The smallest absolute Gasteiger partial charge is 0.257 e. The number of benzene rings is 2. The van der Waals surface area contributed by atoms with Crippen molar-refractivity contribution in [3.8, 4) is 0 Å². The molecule has 0 aliphatic carbocycles. The first-order valence-electron chi connectivity index (χ1n) is 8.74. The second kappa shape index (κ2) is 8.64. The fraction of sp³-hybridized carbons (Fsp3) is 0.200. The monoisotopic (exact) mass is 415 g/mol. The molecule has 8 heteroatoms. The summed E-state index contributed by atoms with van der Waals surface area (Å²) in [5, 5.41) is 4.94. The number of anilines is 1. The Morgan fingerprint density at radius 3 is 2.36 bits per heavy atom. The van der Waals surface area contributed by atoms with Crippen LogP contribution in [0.5, 0.6) is 0 Å². The second-order valence-corrected chi connectivity index (χ2v) is 9.23. The first kappa shape index (κ1) is 20.2. The van der Waals surface area contributed by atoms with Crippen molar-refractivity contribution in [2.24, 2.45) is 0 Å². The molecule has 0 atom stereocenters. The van der Waals surface area contributed by atoms with Gasteiger partial charge in [-0.25, -0.2) is 13.4 Å². The maximum atomic E-state index is 13.1. The molecule has 1 N–H and O–H groups in total. The lowest BCUT2D eigenvalue weighted by Crippen LogP contribution is -2.36. The van der Waals surface area contributed by atoms with Crippen LogP contribution >= 0.6 is 11.3 Å². The van der Waals surface area contributed by atoms with Gasteiger partial charge in [-0.05, 0) is 43.7 Å². The van der Waals surface area contributed by atoms with Gasteiger partial charge in [0, 0.05) is 29.7 Å². The first-order chi connectivity index (χ1) is 13.4. The lowest BCUT2D eigenvalue weighted by molar-refractivity contribution is 0.102. The van der Waals surface area contributed by atoms with E-state index in [4.69, 9.17) is 0 Å². The van der Waals surface area contributed by atoms with Crippen molar-refractivity contribution in [1.29, 1.82) is 0 Å². The summed E-state index contributed by atoms with van der Waals surface area (Å²) in [4.78, 5) is 16.4. The highest BCUT2D eigenvalue weighted by Crippen LogP contribution is 2.22. The molecule has 0 saturated carbocycles. The normalized spacial score (nSPS) is 11.7. The van der Waals surface area contributed by atoms with Crippen molar-refractivity contribution < 1.29 is 13.2 Å². The van der Waals surface area contributed by atoms with E-state index in [0.29, 0.717) is 10.7 Å². The summed E-state index contributed by atoms with van der Waals surface area (Å²) in [7, 11) is -3.70. The van der Waals surface area contributed by atoms with E-state index < -0.39 is 10.0 Å². The van der Waals surface area contributed by atoms with E-state index >= 15 is 0 Å². The molecule has 146 valence electrons. The summed E-state index contributed by atoms with van der Waals surface area (Å²) in [6, 6.07) is 15.2. The van der Waals surface area contributed by atoms with E-state index in [1.165, 1.54) is 39.9 Å². The number of sulfonamides is 1. The van der Waals surface area contributed by atoms with Gasteiger partial charge in [-0.15, -0.1) is 11.3 Å². The molecule has 28 heavy (non-hydrogen) atoms. The van der Waals surface area contributed by atoms with Gasteiger partial charge in [-0.3, -0.25) is 10.1 Å². The lowest BCUT2D eigenvalue weighted by Gasteiger charge is -2.26. The van der Waals surface area contributed by atoms with Gasteiger partial charge >= 0.3 is 0 Å². The van der Waals surface area contributed by atoms with E-state index in [1.54, 1.807) is 11.6 Å². The van der Waals surface area contributed by atoms with E-state index in [0.717, 1.165) is 5.56 Å². The molecule has 1 aromatic heterocycles. The number of thiazole rings is 1. The molecular formula is C20H21N3O3S2. The van der Waals surface area contributed by atoms with Gasteiger partial charge in [-0.2, -0.15) is 4.31 Å². The van der Waals surface area contributed by atoms with Crippen LogP contribution in [0.4, 0.5) is 5.13 Å². The molecule has 0 saturated heterocycles. The standard InChI is InChI=1S/C20H21N3O3S2/c1-15(2)23(14-16-6-4-3-5-7-16)28(25,26)18-10-8-17(9-11-18)19(24)22-20-21-12-13-27-20/h3-13,15H,14H2,1-2H3,(H,21,22,24). The van der Waals surface area contributed by atoms with Crippen LogP contribution in [0.1, 0.15) is 29.8 Å². The number of rotatable bonds is 7. The van der Waals surface area contributed by atoms with Crippen LogP contribution in [0.3, 0.4) is 0 Å². The molecule has 3 rings (SSSR count). The number of hydrogen-bond acceptors (Lipinski definition) is 5. The molecule has 6 nitrogen and oxygen atoms in total. The Labute approximate surface area is 168 Å². The number of nitrogens with zero attached hydrogens (tertiary/aromatic N) is 2. The molecule has 0 aliphatic rings. The predicted octanol–water partition coefficient (Wildman–Crippen LogP) is 3.99. The van der Waals surface area contributed by atoms with Gasteiger partial charge in [0.2, 0.25) is 10.0 Å². The molecule has 1 heterocycles. The Hall–Kier alpha value is -2.55. The third-order valence-electron chi connectivity index (χ3n) is 4.13. The molecule has 0 unspecified atom stereocenters. The van der Waals surface area contributed by atoms with Crippen molar-refractivity contribution in [2.75, 3.05) is 5.32 Å². The Kier molecular flexibility index (Phi) is 6.23. The zero-order chi connectivity index (χ0) is 20.1. The molecular weight excluding hydrogens is 394 g/mol. The van der Waals surface area contributed by atoms with Gasteiger partial charge < -0.3 is 0 Å². The molecule has 0 radical (unpaired) electrons. The van der Waals surface area contributed by atoms with Crippen molar-refractivity contribution in [3.05, 3.63) is 77.3 Å². The average molecular weight is 416 g/mol. The van der Waals surface area contributed by atoms with Gasteiger partial charge in [0.05, 0.1) is 4.90 Å². The summed E-state index contributed by atoms with van der Waals surface area (Å²) in [6.07, 6.45) is 1.60. The number of carbonyl (C=O) groups is 1. The SMILES string of the molecule is CC(C)N(Cc1ccccc1)S(=O)(=O)c1ccc(C(=O)Nc2nccs2)cc1. The second-order valence-electron chi connectivity index (χ2n) is 6.45. The van der Waals surface area contributed by atoms with Crippen LogP contribution in [0, 0.1) is 0 Å². The molecule has 2 aromatic carbocycles. The number of carbonyl (C=O) groups excluding carboxylic acids is 1. The van der Waals surface area contributed by atoms with E-state index in [9.17, 15) is 13.2 Å². The van der Waals surface area contributed by atoms with E-state index in [1.807, 2.05) is 44.2 Å². The fourth-order valence-electron chi connectivity index (χ4n) is 2.68. The molecule has 0 aliphatic heterocycles. The van der Waals surface area contributed by atoms with Crippen LogP contribution in [0.15, 0.2) is 71.1 Å². The van der Waals surface area contributed by atoms with Crippen molar-refractivity contribution in [2.45, 2.75) is 31.3 Å². The Morgan fingerprint density at radius 1 is 1.11 bits per heavy atom. The molecule has 0 spiro atoms. The van der Waals surface area contributed by atoms with Crippen molar-refractivity contribution in [3.63, 3.8) is 0 Å². The lowest BCUT2D eigenvalue weighted by atomic mass is 10.2. The van der Waals surface area contributed by atoms with Crippen LogP contribution in [0.25, 0.3) is 0 Å². The quantitative estimate of drug-likeness (QED) is 0.633. The Morgan fingerprint density at radius 2 is 1.79 bits per heavy atom. The van der Waals surface area contributed by atoms with Gasteiger partial charge in [0.15, 0.2) is 5.13 Å². The largest absolute Gasteiger partial charge is 0.298 e. The van der Waals surface area contributed by atoms with Crippen molar-refractivity contribution in [1.82, 2.24) is 9.29 Å². The minimum absolute atomic E-state index is 0.155. The maximum absolute atomic E-state index is 13.1. The first-order valence-corrected chi connectivity index (χ1v) is 11.1. The number of aromatic nitrogens is 1. The summed E-state index contributed by atoms with van der Waals surface area (Å²) in [5.41, 5.74) is 1.28. The zero-order valence-electron chi connectivity index (χ0n) is 15.6. The van der Waals surface area contributed by atoms with E-state index in [2.05, 4.69) is 10.3 Å². The van der Waals surface area contributed by atoms with Gasteiger partial charge in [0.25, 0.3) is 5.91 Å².